The summed E-state index contributed by atoms with van der Waals surface area (Å²) >= 11 is 0. The summed E-state index contributed by atoms with van der Waals surface area (Å²) in [6.45, 7) is 3.52. The molecule has 2 fully saturated rings. The number of carboxylic acids is 1. The van der Waals surface area contributed by atoms with E-state index in [1.54, 1.807) is 16.7 Å². The van der Waals surface area contributed by atoms with Gasteiger partial charge in [0.05, 0.1) is 12.0 Å². The molecule has 0 radical (unpaired) electrons. The van der Waals surface area contributed by atoms with Crippen molar-refractivity contribution in [2.24, 2.45) is 0 Å². The molecule has 2 aliphatic rings. The Bertz CT molecular complexity index is 373. The SMILES string of the molecule is CC1(O)CCN(C(=O)N2CCCCC2CC(=O)O)CC1. The highest BCUT2D eigenvalue weighted by molar-refractivity contribution is 5.76. The molecule has 20 heavy (non-hydrogen) atoms. The lowest BCUT2D eigenvalue weighted by Crippen LogP contribution is -2.54. The molecule has 1 atom stereocenters. The highest BCUT2D eigenvalue weighted by atomic mass is 16.4. The fourth-order valence-corrected chi connectivity index (χ4v) is 3.03. The molecule has 0 aromatic rings. The summed E-state index contributed by atoms with van der Waals surface area (Å²) in [7, 11) is 0. The van der Waals surface area contributed by atoms with E-state index in [4.69, 9.17) is 5.11 Å². The average molecular weight is 284 g/mol. The quantitative estimate of drug-likeness (QED) is 0.800. The maximum absolute atomic E-state index is 12.5. The van der Waals surface area contributed by atoms with Gasteiger partial charge in [0.1, 0.15) is 0 Å². The standard InChI is InChI=1S/C14H24N2O4/c1-14(20)5-8-15(9-6-14)13(19)16-7-3-2-4-11(16)10-12(17)18/h11,20H,2-10H2,1H3,(H,17,18). The highest BCUT2D eigenvalue weighted by Crippen LogP contribution is 2.25. The van der Waals surface area contributed by atoms with E-state index in [0.717, 1.165) is 19.3 Å². The van der Waals surface area contributed by atoms with Gasteiger partial charge in [-0.1, -0.05) is 0 Å². The fourth-order valence-electron chi connectivity index (χ4n) is 3.03. The van der Waals surface area contributed by atoms with Gasteiger partial charge < -0.3 is 20.0 Å². The molecule has 6 heteroatoms. The highest BCUT2D eigenvalue weighted by Gasteiger charge is 2.35. The van der Waals surface area contributed by atoms with Crippen LogP contribution in [0.25, 0.3) is 0 Å². The van der Waals surface area contributed by atoms with Gasteiger partial charge in [-0.2, -0.15) is 0 Å². The van der Waals surface area contributed by atoms with E-state index in [0.29, 0.717) is 32.5 Å². The smallest absolute Gasteiger partial charge is 0.320 e. The van der Waals surface area contributed by atoms with Gasteiger partial charge in [-0.15, -0.1) is 0 Å². The van der Waals surface area contributed by atoms with Gasteiger partial charge in [0, 0.05) is 25.7 Å². The molecule has 2 heterocycles. The number of amides is 2. The normalized spacial score (nSPS) is 26.4. The summed E-state index contributed by atoms with van der Waals surface area (Å²) < 4.78 is 0. The molecule has 114 valence electrons. The predicted molar refractivity (Wildman–Crippen MR) is 73.4 cm³/mol. The summed E-state index contributed by atoms with van der Waals surface area (Å²) in [5.74, 6) is -0.851. The minimum Gasteiger partial charge on any atom is -0.481 e. The van der Waals surface area contributed by atoms with Crippen LogP contribution in [0.2, 0.25) is 0 Å². The van der Waals surface area contributed by atoms with E-state index in [9.17, 15) is 14.7 Å². The molecule has 1 unspecified atom stereocenters. The topological polar surface area (TPSA) is 81.1 Å². The van der Waals surface area contributed by atoms with E-state index in [-0.39, 0.29) is 18.5 Å². The zero-order chi connectivity index (χ0) is 14.8. The average Bonchev–Trinajstić information content (AvgIpc) is 2.38. The number of hydrogen-bond acceptors (Lipinski definition) is 3. The van der Waals surface area contributed by atoms with Crippen molar-refractivity contribution in [2.75, 3.05) is 19.6 Å². The number of nitrogens with zero attached hydrogens (tertiary/aromatic N) is 2. The molecule has 0 aromatic heterocycles. The number of urea groups is 1. The van der Waals surface area contributed by atoms with Gasteiger partial charge in [0.25, 0.3) is 0 Å². The van der Waals surface area contributed by atoms with E-state index < -0.39 is 11.6 Å². The van der Waals surface area contributed by atoms with E-state index >= 15 is 0 Å². The molecule has 6 nitrogen and oxygen atoms in total. The molecule has 0 spiro atoms. The summed E-state index contributed by atoms with van der Waals surface area (Å²) in [4.78, 5) is 26.9. The Morgan fingerprint density at radius 2 is 1.85 bits per heavy atom. The zero-order valence-electron chi connectivity index (χ0n) is 12.0. The number of rotatable bonds is 2. The molecule has 2 saturated heterocycles. The molecule has 0 aliphatic carbocycles. The largest absolute Gasteiger partial charge is 0.481 e. The molecular weight excluding hydrogens is 260 g/mol. The van der Waals surface area contributed by atoms with Gasteiger partial charge in [-0.25, -0.2) is 4.79 Å². The summed E-state index contributed by atoms with van der Waals surface area (Å²) in [5.41, 5.74) is -0.681. The van der Waals surface area contributed by atoms with Crippen molar-refractivity contribution < 1.29 is 19.8 Å². The maximum Gasteiger partial charge on any atom is 0.320 e. The van der Waals surface area contributed by atoms with E-state index in [2.05, 4.69) is 0 Å². The number of aliphatic carboxylic acids is 1. The third-order valence-electron chi connectivity index (χ3n) is 4.39. The number of hydrogen-bond donors (Lipinski definition) is 2. The van der Waals surface area contributed by atoms with Crippen molar-refractivity contribution in [3.05, 3.63) is 0 Å². The molecule has 2 aliphatic heterocycles. The predicted octanol–water partition coefficient (Wildman–Crippen LogP) is 1.28. The lowest BCUT2D eigenvalue weighted by molar-refractivity contribution is -0.138. The van der Waals surface area contributed by atoms with E-state index in [1.165, 1.54) is 0 Å². The van der Waals surface area contributed by atoms with Crippen LogP contribution in [-0.4, -0.2) is 63.3 Å². The molecule has 2 rings (SSSR count). The summed E-state index contributed by atoms with van der Waals surface area (Å²) in [5, 5.41) is 18.9. The van der Waals surface area contributed by atoms with Crippen LogP contribution in [0, 0.1) is 0 Å². The van der Waals surface area contributed by atoms with Crippen molar-refractivity contribution in [1.29, 1.82) is 0 Å². The zero-order valence-corrected chi connectivity index (χ0v) is 12.0. The molecule has 2 amide bonds. The number of likely N-dealkylation sites (tertiary alicyclic amines) is 2. The first-order chi connectivity index (χ1) is 9.39. The maximum atomic E-state index is 12.5. The minimum absolute atomic E-state index is 0.0251. The lowest BCUT2D eigenvalue weighted by atomic mass is 9.94. The van der Waals surface area contributed by atoms with Crippen LogP contribution in [0.4, 0.5) is 4.79 Å². The Morgan fingerprint density at radius 3 is 2.45 bits per heavy atom. The lowest BCUT2D eigenvalue weighted by Gasteiger charge is -2.42. The van der Waals surface area contributed by atoms with Crippen LogP contribution < -0.4 is 0 Å². The molecule has 0 aromatic carbocycles. The summed E-state index contributed by atoms with van der Waals surface area (Å²) in [6, 6.07) is -0.248. The Morgan fingerprint density at radius 1 is 1.20 bits per heavy atom. The summed E-state index contributed by atoms with van der Waals surface area (Å²) in [6.07, 6.45) is 3.87. The molecular formula is C14H24N2O4. The number of carbonyl (C=O) groups is 2. The van der Waals surface area contributed by atoms with Crippen molar-refractivity contribution in [3.8, 4) is 0 Å². The second kappa shape index (κ2) is 5.99. The van der Waals surface area contributed by atoms with E-state index in [1.807, 2.05) is 0 Å². The Kier molecular flexibility index (Phi) is 4.52. The van der Waals surface area contributed by atoms with Crippen LogP contribution in [0.1, 0.15) is 45.4 Å². The fraction of sp³-hybridized carbons (Fsp3) is 0.857. The Balaban J connectivity index is 1.97. The van der Waals surface area contributed by atoms with Crippen LogP contribution in [0.15, 0.2) is 0 Å². The number of carboxylic acid groups (broad SMARTS) is 1. The monoisotopic (exact) mass is 284 g/mol. The van der Waals surface area contributed by atoms with Crippen molar-refractivity contribution in [3.63, 3.8) is 0 Å². The molecule has 2 N–H and O–H groups in total. The second-order valence-electron chi connectivity index (χ2n) is 6.21. The van der Waals surface area contributed by atoms with Crippen LogP contribution >= 0.6 is 0 Å². The Labute approximate surface area is 119 Å². The van der Waals surface area contributed by atoms with Crippen LogP contribution in [0.5, 0.6) is 0 Å². The van der Waals surface area contributed by atoms with Gasteiger partial charge >= 0.3 is 12.0 Å². The number of aliphatic hydroxyl groups is 1. The number of piperidine rings is 2. The molecule has 0 bridgehead atoms. The van der Waals surface area contributed by atoms with Crippen molar-refractivity contribution in [2.45, 2.75) is 57.1 Å². The third kappa shape index (κ3) is 3.62. The second-order valence-corrected chi connectivity index (χ2v) is 6.21. The minimum atomic E-state index is -0.851. The van der Waals surface area contributed by atoms with Gasteiger partial charge in [0.15, 0.2) is 0 Å². The number of carbonyl (C=O) groups excluding carboxylic acids is 1. The van der Waals surface area contributed by atoms with Gasteiger partial charge in [-0.3, -0.25) is 4.79 Å². The molecule has 0 saturated carbocycles. The van der Waals surface area contributed by atoms with Gasteiger partial charge in [0.2, 0.25) is 0 Å². The Hall–Kier alpha value is -1.30. The van der Waals surface area contributed by atoms with Crippen molar-refractivity contribution in [1.82, 2.24) is 9.80 Å². The first-order valence-corrected chi connectivity index (χ1v) is 7.39. The van der Waals surface area contributed by atoms with Crippen LogP contribution in [-0.2, 0) is 4.79 Å². The first kappa shape index (κ1) is 15.1. The van der Waals surface area contributed by atoms with Crippen molar-refractivity contribution >= 4 is 12.0 Å². The van der Waals surface area contributed by atoms with Crippen LogP contribution in [0.3, 0.4) is 0 Å². The van der Waals surface area contributed by atoms with Gasteiger partial charge in [-0.05, 0) is 39.0 Å². The third-order valence-corrected chi connectivity index (χ3v) is 4.39. The first-order valence-electron chi connectivity index (χ1n) is 7.39.